The normalized spacial score (nSPS) is 11.2. The van der Waals surface area contributed by atoms with Gasteiger partial charge in [0.1, 0.15) is 0 Å². The number of carboxylic acids is 1. The number of alkyl halides is 2. The summed E-state index contributed by atoms with van der Waals surface area (Å²) in [5.41, 5.74) is -0.128. The Kier molecular flexibility index (Phi) is 3.80. The summed E-state index contributed by atoms with van der Waals surface area (Å²) < 4.78 is 24.9. The second kappa shape index (κ2) is 4.89. The molecule has 0 saturated carbocycles. The van der Waals surface area contributed by atoms with Gasteiger partial charge in [0.2, 0.25) is 0 Å². The lowest BCUT2D eigenvalue weighted by molar-refractivity contribution is -0.131. The van der Waals surface area contributed by atoms with Crippen LogP contribution in [0.4, 0.5) is 8.78 Å². The van der Waals surface area contributed by atoms with Crippen molar-refractivity contribution in [2.45, 2.75) is 6.43 Å². The zero-order valence-electron chi connectivity index (χ0n) is 7.45. The fraction of sp³-hybridized carbons (Fsp3) is 0.100. The number of aliphatic carboxylic acids is 1. The molecule has 0 saturated heterocycles. The van der Waals surface area contributed by atoms with Gasteiger partial charge >= 0.3 is 5.97 Å². The first-order chi connectivity index (χ1) is 7.00. The Morgan fingerprint density at radius 2 is 2.13 bits per heavy atom. The molecule has 0 heterocycles. The Balaban J connectivity index is 3.13. The van der Waals surface area contributed by atoms with Gasteiger partial charge in [-0.1, -0.05) is 17.7 Å². The zero-order valence-corrected chi connectivity index (χ0v) is 8.21. The number of benzene rings is 1. The molecule has 1 aromatic carbocycles. The van der Waals surface area contributed by atoms with Crippen molar-refractivity contribution in [3.8, 4) is 0 Å². The molecular formula is C10H7ClF2O2. The van der Waals surface area contributed by atoms with Gasteiger partial charge in [0.05, 0.1) is 0 Å². The third-order valence-electron chi connectivity index (χ3n) is 1.69. The van der Waals surface area contributed by atoms with E-state index in [9.17, 15) is 13.6 Å². The molecule has 0 atom stereocenters. The van der Waals surface area contributed by atoms with Crippen LogP contribution in [-0.2, 0) is 4.79 Å². The van der Waals surface area contributed by atoms with Crippen LogP contribution in [0.25, 0.3) is 6.08 Å². The fourth-order valence-corrected chi connectivity index (χ4v) is 1.23. The molecule has 0 amide bonds. The minimum Gasteiger partial charge on any atom is -0.478 e. The standard InChI is InChI=1S/C10H7ClF2O2/c11-7-2-3-8(10(12)13)6(5-7)1-4-9(14)15/h1-5,10H,(H,14,15)/b4-1+. The number of hydrogen-bond acceptors (Lipinski definition) is 1. The maximum Gasteiger partial charge on any atom is 0.328 e. The smallest absolute Gasteiger partial charge is 0.328 e. The first kappa shape index (κ1) is 11.7. The van der Waals surface area contributed by atoms with Gasteiger partial charge in [-0.15, -0.1) is 0 Å². The summed E-state index contributed by atoms with van der Waals surface area (Å²) in [5, 5.41) is 8.65. The van der Waals surface area contributed by atoms with Gasteiger partial charge in [-0.05, 0) is 23.8 Å². The molecule has 2 nitrogen and oxygen atoms in total. The summed E-state index contributed by atoms with van der Waals surface area (Å²) in [6.07, 6.45) is -0.775. The maximum absolute atomic E-state index is 12.5. The Hall–Kier alpha value is -1.42. The summed E-state index contributed by atoms with van der Waals surface area (Å²) in [5.74, 6) is -1.20. The van der Waals surface area contributed by atoms with Crippen molar-refractivity contribution in [1.29, 1.82) is 0 Å². The number of hydrogen-bond donors (Lipinski definition) is 1. The predicted octanol–water partition coefficient (Wildman–Crippen LogP) is 3.38. The Morgan fingerprint density at radius 1 is 1.47 bits per heavy atom. The molecule has 0 fully saturated rings. The molecule has 5 heteroatoms. The van der Waals surface area contributed by atoms with Crippen molar-refractivity contribution in [2.24, 2.45) is 0 Å². The van der Waals surface area contributed by atoms with Crippen molar-refractivity contribution in [3.05, 3.63) is 40.4 Å². The highest BCUT2D eigenvalue weighted by atomic mass is 35.5. The molecule has 1 N–H and O–H groups in total. The molecule has 0 unspecified atom stereocenters. The van der Waals surface area contributed by atoms with Gasteiger partial charge in [0, 0.05) is 16.7 Å². The highest BCUT2D eigenvalue weighted by molar-refractivity contribution is 6.30. The van der Waals surface area contributed by atoms with Crippen LogP contribution in [0, 0.1) is 0 Å². The number of halogens is 3. The summed E-state index contributed by atoms with van der Waals surface area (Å²) in [6.45, 7) is 0. The zero-order chi connectivity index (χ0) is 11.4. The average molecular weight is 233 g/mol. The first-order valence-electron chi connectivity index (χ1n) is 3.99. The lowest BCUT2D eigenvalue weighted by Gasteiger charge is -2.04. The van der Waals surface area contributed by atoms with Gasteiger partial charge in [0.25, 0.3) is 6.43 Å². The summed E-state index contributed by atoms with van der Waals surface area (Å²) in [6, 6.07) is 3.80. The van der Waals surface area contributed by atoms with E-state index >= 15 is 0 Å². The van der Waals surface area contributed by atoms with Crippen LogP contribution in [0.2, 0.25) is 5.02 Å². The minimum absolute atomic E-state index is 0.111. The van der Waals surface area contributed by atoms with Crippen LogP contribution in [0.1, 0.15) is 17.6 Å². The first-order valence-corrected chi connectivity index (χ1v) is 4.37. The molecule has 0 aliphatic carbocycles. The van der Waals surface area contributed by atoms with E-state index in [0.717, 1.165) is 12.2 Å². The van der Waals surface area contributed by atoms with Crippen molar-refractivity contribution in [2.75, 3.05) is 0 Å². The van der Waals surface area contributed by atoms with Gasteiger partial charge in [-0.3, -0.25) is 0 Å². The summed E-state index contributed by atoms with van der Waals surface area (Å²) >= 11 is 5.61. The molecule has 0 radical (unpaired) electrons. The summed E-state index contributed by atoms with van der Waals surface area (Å²) in [4.78, 5) is 10.2. The number of carboxylic acid groups (broad SMARTS) is 1. The highest BCUT2D eigenvalue weighted by Gasteiger charge is 2.11. The largest absolute Gasteiger partial charge is 0.478 e. The van der Waals surface area contributed by atoms with E-state index in [4.69, 9.17) is 16.7 Å². The Morgan fingerprint density at radius 3 is 2.67 bits per heavy atom. The lowest BCUT2D eigenvalue weighted by Crippen LogP contribution is -1.91. The van der Waals surface area contributed by atoms with Gasteiger partial charge < -0.3 is 5.11 Å². The summed E-state index contributed by atoms with van der Waals surface area (Å²) in [7, 11) is 0. The maximum atomic E-state index is 12.5. The van der Waals surface area contributed by atoms with Crippen LogP contribution in [0.3, 0.4) is 0 Å². The van der Waals surface area contributed by atoms with Crippen LogP contribution < -0.4 is 0 Å². The molecule has 1 aromatic rings. The van der Waals surface area contributed by atoms with E-state index < -0.39 is 12.4 Å². The molecule has 15 heavy (non-hydrogen) atoms. The van der Waals surface area contributed by atoms with Crippen LogP contribution in [-0.4, -0.2) is 11.1 Å². The Bertz CT molecular complexity index is 402. The van der Waals surface area contributed by atoms with Crippen LogP contribution in [0.5, 0.6) is 0 Å². The van der Waals surface area contributed by atoms with E-state index in [1.54, 1.807) is 0 Å². The van der Waals surface area contributed by atoms with Crippen LogP contribution in [0.15, 0.2) is 24.3 Å². The van der Waals surface area contributed by atoms with Gasteiger partial charge in [-0.25, -0.2) is 13.6 Å². The van der Waals surface area contributed by atoms with Crippen LogP contribution >= 0.6 is 11.6 Å². The van der Waals surface area contributed by atoms with Gasteiger partial charge in [-0.2, -0.15) is 0 Å². The molecule has 0 aliphatic heterocycles. The third kappa shape index (κ3) is 3.32. The minimum atomic E-state index is -2.66. The highest BCUT2D eigenvalue weighted by Crippen LogP contribution is 2.26. The predicted molar refractivity (Wildman–Crippen MR) is 53.1 cm³/mol. The molecule has 0 spiro atoms. The molecule has 1 rings (SSSR count). The van der Waals surface area contributed by atoms with Crippen molar-refractivity contribution in [1.82, 2.24) is 0 Å². The van der Waals surface area contributed by atoms with E-state index in [1.807, 2.05) is 0 Å². The third-order valence-corrected chi connectivity index (χ3v) is 1.92. The molecule has 0 aliphatic rings. The van der Waals surface area contributed by atoms with E-state index in [-0.39, 0.29) is 16.1 Å². The molecule has 0 bridgehead atoms. The second-order valence-corrected chi connectivity index (χ2v) is 3.18. The van der Waals surface area contributed by atoms with E-state index in [2.05, 4.69) is 0 Å². The monoisotopic (exact) mass is 232 g/mol. The lowest BCUT2D eigenvalue weighted by atomic mass is 10.1. The topological polar surface area (TPSA) is 37.3 Å². The Labute approximate surface area is 89.8 Å². The fourth-order valence-electron chi connectivity index (χ4n) is 1.05. The van der Waals surface area contributed by atoms with Crippen molar-refractivity contribution in [3.63, 3.8) is 0 Å². The van der Waals surface area contributed by atoms with E-state index in [0.29, 0.717) is 0 Å². The van der Waals surface area contributed by atoms with Crippen molar-refractivity contribution >= 4 is 23.6 Å². The molecule has 0 aromatic heterocycles. The van der Waals surface area contributed by atoms with Crippen molar-refractivity contribution < 1.29 is 18.7 Å². The number of rotatable bonds is 3. The number of carbonyl (C=O) groups is 1. The SMILES string of the molecule is O=C(O)/C=C/c1cc(Cl)ccc1C(F)F. The average Bonchev–Trinajstić information content (AvgIpc) is 2.14. The molecule has 80 valence electrons. The second-order valence-electron chi connectivity index (χ2n) is 2.75. The molecular weight excluding hydrogens is 226 g/mol. The quantitative estimate of drug-likeness (QED) is 0.812. The van der Waals surface area contributed by atoms with E-state index in [1.165, 1.54) is 18.2 Å². The van der Waals surface area contributed by atoms with Gasteiger partial charge in [0.15, 0.2) is 0 Å².